The molecule has 0 unspecified atom stereocenters. The maximum atomic E-state index is 13.8. The number of fused-ring (bicyclic) bond motifs is 1. The molecule has 0 aliphatic carbocycles. The van der Waals surface area contributed by atoms with E-state index in [0.717, 1.165) is 4.70 Å². The minimum Gasteiger partial charge on any atom is -0.310 e. The molecule has 2 nitrogen and oxygen atoms in total. The molecule has 3 aromatic rings. The largest absolute Gasteiger partial charge is 0.310 e. The second kappa shape index (κ2) is 4.79. The third kappa shape index (κ3) is 2.17. The summed E-state index contributed by atoms with van der Waals surface area (Å²) in [5.74, 6) is -0.471. The van der Waals surface area contributed by atoms with E-state index in [1.165, 1.54) is 22.0 Å². The van der Waals surface area contributed by atoms with Crippen LogP contribution in [0.15, 0.2) is 46.7 Å². The van der Waals surface area contributed by atoms with Crippen LogP contribution in [-0.4, -0.2) is 4.57 Å². The van der Waals surface area contributed by atoms with Crippen LogP contribution in [0.1, 0.15) is 5.56 Å². The predicted molar refractivity (Wildman–Crippen MR) is 76.6 cm³/mol. The van der Waals surface area contributed by atoms with Gasteiger partial charge in [0.05, 0.1) is 17.0 Å². The van der Waals surface area contributed by atoms with Crippen molar-refractivity contribution in [3.63, 3.8) is 0 Å². The van der Waals surface area contributed by atoms with Gasteiger partial charge < -0.3 is 4.57 Å². The van der Waals surface area contributed by atoms with Crippen molar-refractivity contribution in [2.45, 2.75) is 6.54 Å². The zero-order chi connectivity index (χ0) is 13.4. The van der Waals surface area contributed by atoms with E-state index in [9.17, 15) is 9.18 Å². The van der Waals surface area contributed by atoms with Crippen LogP contribution in [0.5, 0.6) is 0 Å². The van der Waals surface area contributed by atoms with Gasteiger partial charge >= 0.3 is 0 Å². The van der Waals surface area contributed by atoms with E-state index >= 15 is 0 Å². The fourth-order valence-electron chi connectivity index (χ4n) is 1.99. The lowest BCUT2D eigenvalue weighted by atomic mass is 10.2. The highest BCUT2D eigenvalue weighted by Crippen LogP contribution is 2.20. The molecule has 3 rings (SSSR count). The number of aromatic nitrogens is 1. The number of thiophene rings is 1. The summed E-state index contributed by atoms with van der Waals surface area (Å²) in [6.45, 7) is 0.178. The van der Waals surface area contributed by atoms with Gasteiger partial charge in [-0.25, -0.2) is 4.39 Å². The molecule has 0 saturated carbocycles. The monoisotopic (exact) mass is 293 g/mol. The van der Waals surface area contributed by atoms with Crippen molar-refractivity contribution in [2.24, 2.45) is 0 Å². The maximum absolute atomic E-state index is 13.8. The molecule has 0 saturated heterocycles. The summed E-state index contributed by atoms with van der Waals surface area (Å²) in [5, 5.41) is 2.60. The van der Waals surface area contributed by atoms with Crippen LogP contribution in [0.4, 0.5) is 4.39 Å². The minimum absolute atomic E-state index is 0.0714. The van der Waals surface area contributed by atoms with Gasteiger partial charge in [0, 0.05) is 16.5 Å². The number of benzene rings is 1. The normalized spacial score (nSPS) is 11.1. The highest BCUT2D eigenvalue weighted by atomic mass is 35.5. The standard InChI is InChI=1S/C14H9ClFNOS/c15-11-3-1-2-9(13(11)16)8-17-6-4-12-10(14(17)18)5-7-19-12/h1-7H,8H2. The van der Waals surface area contributed by atoms with Gasteiger partial charge in [-0.3, -0.25) is 4.79 Å². The lowest BCUT2D eigenvalue weighted by molar-refractivity contribution is 0.597. The van der Waals surface area contributed by atoms with Gasteiger partial charge in [0.15, 0.2) is 0 Å². The van der Waals surface area contributed by atoms with E-state index in [0.29, 0.717) is 10.9 Å². The Morgan fingerprint density at radius 2 is 2.11 bits per heavy atom. The van der Waals surface area contributed by atoms with E-state index in [1.54, 1.807) is 24.4 Å². The van der Waals surface area contributed by atoms with Crippen LogP contribution in [0.25, 0.3) is 10.1 Å². The average Bonchev–Trinajstić information content (AvgIpc) is 2.87. The number of hydrogen-bond acceptors (Lipinski definition) is 2. The van der Waals surface area contributed by atoms with Crippen molar-refractivity contribution in [3.05, 3.63) is 68.7 Å². The van der Waals surface area contributed by atoms with Crippen LogP contribution in [-0.2, 0) is 6.54 Å². The second-order valence-electron chi connectivity index (χ2n) is 4.16. The van der Waals surface area contributed by atoms with Crippen molar-refractivity contribution in [1.29, 1.82) is 0 Å². The first kappa shape index (κ1) is 12.4. The lowest BCUT2D eigenvalue weighted by Gasteiger charge is -2.07. The summed E-state index contributed by atoms with van der Waals surface area (Å²) in [5.41, 5.74) is 0.294. The molecular weight excluding hydrogens is 285 g/mol. The molecule has 0 N–H and O–H groups in total. The van der Waals surface area contributed by atoms with Crippen molar-refractivity contribution >= 4 is 33.0 Å². The molecule has 0 spiro atoms. The van der Waals surface area contributed by atoms with Crippen LogP contribution in [0.2, 0.25) is 5.02 Å². The fraction of sp³-hybridized carbons (Fsp3) is 0.0714. The zero-order valence-corrected chi connectivity index (χ0v) is 11.3. The molecule has 2 heterocycles. The molecule has 0 fully saturated rings. The molecule has 0 radical (unpaired) electrons. The van der Waals surface area contributed by atoms with Crippen molar-refractivity contribution in [1.82, 2.24) is 4.57 Å². The van der Waals surface area contributed by atoms with E-state index in [2.05, 4.69) is 0 Å². The molecule has 0 amide bonds. The Morgan fingerprint density at radius 1 is 1.26 bits per heavy atom. The predicted octanol–water partition coefficient (Wildman–Crippen LogP) is 3.90. The van der Waals surface area contributed by atoms with Gasteiger partial charge in [-0.2, -0.15) is 0 Å². The fourth-order valence-corrected chi connectivity index (χ4v) is 2.95. The van der Waals surface area contributed by atoms with Crippen molar-refractivity contribution < 1.29 is 4.39 Å². The van der Waals surface area contributed by atoms with E-state index in [1.807, 2.05) is 11.4 Å². The third-order valence-corrected chi connectivity index (χ3v) is 4.14. The highest BCUT2D eigenvalue weighted by molar-refractivity contribution is 7.17. The topological polar surface area (TPSA) is 22.0 Å². The Labute approximate surface area is 117 Å². The average molecular weight is 294 g/mol. The van der Waals surface area contributed by atoms with E-state index < -0.39 is 5.82 Å². The van der Waals surface area contributed by atoms with Crippen molar-refractivity contribution in [3.8, 4) is 0 Å². The van der Waals surface area contributed by atoms with Gasteiger partial charge in [-0.05, 0) is 23.6 Å². The molecule has 2 aromatic heterocycles. The highest BCUT2D eigenvalue weighted by Gasteiger charge is 2.09. The molecule has 1 aromatic carbocycles. The van der Waals surface area contributed by atoms with E-state index in [-0.39, 0.29) is 17.1 Å². The molecule has 5 heteroatoms. The third-order valence-electron chi connectivity index (χ3n) is 2.96. The maximum Gasteiger partial charge on any atom is 0.259 e. The Morgan fingerprint density at radius 3 is 2.95 bits per heavy atom. The van der Waals surface area contributed by atoms with Crippen LogP contribution < -0.4 is 5.56 Å². The first-order valence-corrected chi connectivity index (χ1v) is 6.92. The molecule has 0 aliphatic heterocycles. The Bertz CT molecular complexity index is 809. The van der Waals surface area contributed by atoms with Crippen molar-refractivity contribution in [2.75, 3.05) is 0 Å². The Kier molecular flexibility index (Phi) is 3.12. The summed E-state index contributed by atoms with van der Waals surface area (Å²) < 4.78 is 16.3. The Balaban J connectivity index is 2.08. The Hall–Kier alpha value is -1.65. The lowest BCUT2D eigenvalue weighted by Crippen LogP contribution is -2.19. The van der Waals surface area contributed by atoms with Gasteiger partial charge in [0.1, 0.15) is 5.82 Å². The summed E-state index contributed by atoms with van der Waals surface area (Å²) in [4.78, 5) is 12.2. The summed E-state index contributed by atoms with van der Waals surface area (Å²) in [6, 6.07) is 8.45. The number of pyridine rings is 1. The van der Waals surface area contributed by atoms with E-state index in [4.69, 9.17) is 11.6 Å². The van der Waals surface area contributed by atoms with Crippen LogP contribution in [0.3, 0.4) is 0 Å². The zero-order valence-electron chi connectivity index (χ0n) is 9.77. The summed E-state index contributed by atoms with van der Waals surface area (Å²) in [7, 11) is 0. The molecule has 96 valence electrons. The molecule has 0 atom stereocenters. The first-order valence-electron chi connectivity index (χ1n) is 5.66. The summed E-state index contributed by atoms with van der Waals surface area (Å²) >= 11 is 7.25. The summed E-state index contributed by atoms with van der Waals surface area (Å²) in [6.07, 6.45) is 1.68. The number of nitrogens with zero attached hydrogens (tertiary/aromatic N) is 1. The smallest absolute Gasteiger partial charge is 0.259 e. The minimum atomic E-state index is -0.471. The molecule has 0 bridgehead atoms. The molecule has 19 heavy (non-hydrogen) atoms. The number of halogens is 2. The molecule has 0 aliphatic rings. The van der Waals surface area contributed by atoms with Crippen LogP contribution in [0, 0.1) is 5.82 Å². The number of hydrogen-bond donors (Lipinski definition) is 0. The quantitative estimate of drug-likeness (QED) is 0.702. The van der Waals surface area contributed by atoms with Gasteiger partial charge in [-0.1, -0.05) is 23.7 Å². The van der Waals surface area contributed by atoms with Gasteiger partial charge in [0.2, 0.25) is 0 Å². The number of rotatable bonds is 2. The van der Waals surface area contributed by atoms with Crippen LogP contribution >= 0.6 is 22.9 Å². The SMILES string of the molecule is O=c1c2ccsc2ccn1Cc1cccc(Cl)c1F. The second-order valence-corrected chi connectivity index (χ2v) is 5.52. The molecular formula is C14H9ClFNOS. The first-order chi connectivity index (χ1) is 9.16. The van der Waals surface area contributed by atoms with Gasteiger partial charge in [0.25, 0.3) is 5.56 Å². The van der Waals surface area contributed by atoms with Gasteiger partial charge in [-0.15, -0.1) is 11.3 Å².